The summed E-state index contributed by atoms with van der Waals surface area (Å²) in [6.07, 6.45) is 3.96. The number of halogens is 1. The Bertz CT molecular complexity index is 476. The van der Waals surface area contributed by atoms with E-state index in [0.717, 1.165) is 18.9 Å². The fourth-order valence-electron chi connectivity index (χ4n) is 2.32. The lowest BCUT2D eigenvalue weighted by Crippen LogP contribution is -2.69. The Labute approximate surface area is 107 Å². The van der Waals surface area contributed by atoms with Crippen molar-refractivity contribution in [3.63, 3.8) is 0 Å². The van der Waals surface area contributed by atoms with Gasteiger partial charge >= 0.3 is 0 Å². The molecule has 3 rings (SSSR count). The van der Waals surface area contributed by atoms with E-state index >= 15 is 0 Å². The maximum atomic E-state index is 11.4. The Kier molecular flexibility index (Phi) is 2.25. The SMILES string of the molecule is NC1(C2CC2)CN(c2nc[nH]c(=O)c2I)C1. The van der Waals surface area contributed by atoms with Crippen LogP contribution in [0.15, 0.2) is 11.1 Å². The number of aromatic amines is 1. The highest BCUT2D eigenvalue weighted by Gasteiger charge is 2.51. The van der Waals surface area contributed by atoms with Gasteiger partial charge in [0.15, 0.2) is 0 Å². The third kappa shape index (κ3) is 1.55. The van der Waals surface area contributed by atoms with E-state index in [2.05, 4.69) is 14.9 Å². The van der Waals surface area contributed by atoms with Crippen LogP contribution >= 0.6 is 22.6 Å². The Morgan fingerprint density at radius 3 is 2.88 bits per heavy atom. The van der Waals surface area contributed by atoms with Crippen LogP contribution in [0, 0.1) is 9.49 Å². The first-order chi connectivity index (χ1) is 7.60. The highest BCUT2D eigenvalue weighted by Crippen LogP contribution is 2.44. The van der Waals surface area contributed by atoms with Crippen molar-refractivity contribution >= 4 is 28.4 Å². The number of aromatic nitrogens is 2. The number of hydrogen-bond donors (Lipinski definition) is 2. The topological polar surface area (TPSA) is 75.0 Å². The van der Waals surface area contributed by atoms with E-state index in [1.54, 1.807) is 0 Å². The number of anilines is 1. The summed E-state index contributed by atoms with van der Waals surface area (Å²) in [4.78, 5) is 20.3. The molecule has 16 heavy (non-hydrogen) atoms. The van der Waals surface area contributed by atoms with Crippen molar-refractivity contribution in [2.24, 2.45) is 11.7 Å². The zero-order chi connectivity index (χ0) is 11.3. The summed E-state index contributed by atoms with van der Waals surface area (Å²) in [6, 6.07) is 0. The van der Waals surface area contributed by atoms with E-state index in [1.165, 1.54) is 19.2 Å². The van der Waals surface area contributed by atoms with E-state index in [1.807, 2.05) is 22.6 Å². The minimum atomic E-state index is -0.0773. The minimum absolute atomic E-state index is 0.0344. The quantitative estimate of drug-likeness (QED) is 0.764. The monoisotopic (exact) mass is 332 g/mol. The van der Waals surface area contributed by atoms with Gasteiger partial charge < -0.3 is 15.6 Å². The predicted octanol–water partition coefficient (Wildman–Crippen LogP) is 0.302. The number of hydrogen-bond acceptors (Lipinski definition) is 4. The second-order valence-corrected chi connectivity index (χ2v) is 5.81. The largest absolute Gasteiger partial charge is 0.352 e. The molecule has 1 aliphatic heterocycles. The Balaban J connectivity index is 1.81. The normalized spacial score (nSPS) is 23.0. The maximum Gasteiger partial charge on any atom is 0.266 e. The van der Waals surface area contributed by atoms with Gasteiger partial charge in [0.1, 0.15) is 9.39 Å². The smallest absolute Gasteiger partial charge is 0.266 e. The van der Waals surface area contributed by atoms with E-state index in [-0.39, 0.29) is 11.1 Å². The molecule has 2 fully saturated rings. The van der Waals surface area contributed by atoms with Crippen LogP contribution in [0.3, 0.4) is 0 Å². The van der Waals surface area contributed by atoms with Crippen LogP contribution in [0.25, 0.3) is 0 Å². The molecule has 1 aliphatic carbocycles. The molecule has 1 saturated carbocycles. The minimum Gasteiger partial charge on any atom is -0.352 e. The van der Waals surface area contributed by atoms with Crippen LogP contribution in [-0.4, -0.2) is 28.6 Å². The molecular formula is C10H13IN4O. The molecular weight excluding hydrogens is 319 g/mol. The second-order valence-electron chi connectivity index (χ2n) is 4.73. The molecule has 0 radical (unpaired) electrons. The molecule has 86 valence electrons. The summed E-state index contributed by atoms with van der Waals surface area (Å²) < 4.78 is 0.651. The molecule has 1 aromatic rings. The first-order valence-corrected chi connectivity index (χ1v) is 6.45. The van der Waals surface area contributed by atoms with Crippen LogP contribution in [-0.2, 0) is 0 Å². The molecule has 5 nitrogen and oxygen atoms in total. The van der Waals surface area contributed by atoms with Gasteiger partial charge in [0.2, 0.25) is 0 Å². The molecule has 0 aromatic carbocycles. The van der Waals surface area contributed by atoms with E-state index in [9.17, 15) is 4.79 Å². The lowest BCUT2D eigenvalue weighted by Gasteiger charge is -2.49. The van der Waals surface area contributed by atoms with Crippen molar-refractivity contribution in [3.8, 4) is 0 Å². The first kappa shape index (κ1) is 10.5. The Hall–Kier alpha value is -0.630. The summed E-state index contributed by atoms with van der Waals surface area (Å²) in [5, 5.41) is 0. The first-order valence-electron chi connectivity index (χ1n) is 5.37. The second kappa shape index (κ2) is 3.43. The zero-order valence-corrected chi connectivity index (χ0v) is 10.9. The fraction of sp³-hybridized carbons (Fsp3) is 0.600. The number of nitrogens with two attached hydrogens (primary N) is 1. The predicted molar refractivity (Wildman–Crippen MR) is 69.4 cm³/mol. The molecule has 0 atom stereocenters. The third-order valence-electron chi connectivity index (χ3n) is 3.44. The molecule has 2 heterocycles. The van der Waals surface area contributed by atoms with Crippen molar-refractivity contribution in [2.45, 2.75) is 18.4 Å². The highest BCUT2D eigenvalue weighted by molar-refractivity contribution is 14.1. The fourth-order valence-corrected chi connectivity index (χ4v) is 2.96. The zero-order valence-electron chi connectivity index (χ0n) is 8.74. The Morgan fingerprint density at radius 1 is 1.56 bits per heavy atom. The van der Waals surface area contributed by atoms with Gasteiger partial charge in [-0.25, -0.2) is 4.98 Å². The van der Waals surface area contributed by atoms with E-state index < -0.39 is 0 Å². The van der Waals surface area contributed by atoms with Crippen LogP contribution < -0.4 is 16.2 Å². The van der Waals surface area contributed by atoms with E-state index in [0.29, 0.717) is 9.49 Å². The van der Waals surface area contributed by atoms with Crippen molar-refractivity contribution in [1.29, 1.82) is 0 Å². The third-order valence-corrected chi connectivity index (χ3v) is 4.41. The van der Waals surface area contributed by atoms with Crippen LogP contribution in [0.4, 0.5) is 5.82 Å². The van der Waals surface area contributed by atoms with Crippen LogP contribution in [0.2, 0.25) is 0 Å². The van der Waals surface area contributed by atoms with Crippen molar-refractivity contribution in [3.05, 3.63) is 20.3 Å². The van der Waals surface area contributed by atoms with Crippen molar-refractivity contribution < 1.29 is 0 Å². The molecule has 0 amide bonds. The number of rotatable bonds is 2. The summed E-state index contributed by atoms with van der Waals surface area (Å²) in [7, 11) is 0. The van der Waals surface area contributed by atoms with Crippen LogP contribution in [0.5, 0.6) is 0 Å². The lowest BCUT2D eigenvalue weighted by molar-refractivity contribution is 0.288. The average Bonchev–Trinajstić information content (AvgIpc) is 3.01. The summed E-state index contributed by atoms with van der Waals surface area (Å²) in [5.74, 6) is 1.45. The van der Waals surface area contributed by atoms with Gasteiger partial charge in [-0.15, -0.1) is 0 Å². The molecule has 1 saturated heterocycles. The van der Waals surface area contributed by atoms with Crippen molar-refractivity contribution in [2.75, 3.05) is 18.0 Å². The van der Waals surface area contributed by atoms with Gasteiger partial charge in [-0.2, -0.15) is 0 Å². The molecule has 3 N–H and O–H groups in total. The molecule has 0 spiro atoms. The standard InChI is InChI=1S/C10H13IN4O/c11-7-8(13-5-14-9(7)16)15-3-10(12,4-15)6-1-2-6/h5-6H,1-4,12H2,(H,13,14,16). The summed E-state index contributed by atoms with van der Waals surface area (Å²) >= 11 is 2.03. The van der Waals surface area contributed by atoms with Gasteiger partial charge in [0.25, 0.3) is 5.56 Å². The van der Waals surface area contributed by atoms with Gasteiger partial charge in [0.05, 0.1) is 11.9 Å². The number of nitrogens with one attached hydrogen (secondary N) is 1. The van der Waals surface area contributed by atoms with Crippen molar-refractivity contribution in [1.82, 2.24) is 9.97 Å². The number of nitrogens with zero attached hydrogens (tertiary/aromatic N) is 2. The Morgan fingerprint density at radius 2 is 2.25 bits per heavy atom. The average molecular weight is 332 g/mol. The molecule has 0 unspecified atom stereocenters. The molecule has 6 heteroatoms. The van der Waals surface area contributed by atoms with Gasteiger partial charge in [0, 0.05) is 13.1 Å². The maximum absolute atomic E-state index is 11.4. The number of H-pyrrole nitrogens is 1. The van der Waals surface area contributed by atoms with Gasteiger partial charge in [-0.05, 0) is 41.4 Å². The molecule has 1 aromatic heterocycles. The molecule has 2 aliphatic rings. The summed E-state index contributed by atoms with van der Waals surface area (Å²) in [5.41, 5.74) is 6.15. The summed E-state index contributed by atoms with van der Waals surface area (Å²) in [6.45, 7) is 1.65. The lowest BCUT2D eigenvalue weighted by atomic mass is 9.86. The molecule has 0 bridgehead atoms. The van der Waals surface area contributed by atoms with Gasteiger partial charge in [-0.1, -0.05) is 0 Å². The van der Waals surface area contributed by atoms with Crippen LogP contribution in [0.1, 0.15) is 12.8 Å². The van der Waals surface area contributed by atoms with Gasteiger partial charge in [-0.3, -0.25) is 4.79 Å². The highest BCUT2D eigenvalue weighted by atomic mass is 127. The van der Waals surface area contributed by atoms with E-state index in [4.69, 9.17) is 5.73 Å².